The van der Waals surface area contributed by atoms with E-state index in [1.807, 2.05) is 0 Å². The molecule has 72 valence electrons. The van der Waals surface area contributed by atoms with Crippen molar-refractivity contribution in [1.82, 2.24) is 0 Å². The molecule has 0 aromatic heterocycles. The van der Waals surface area contributed by atoms with Crippen LogP contribution in [0.3, 0.4) is 0 Å². The smallest absolute Gasteiger partial charge is 0.129 e. The van der Waals surface area contributed by atoms with E-state index in [-0.39, 0.29) is 0 Å². The summed E-state index contributed by atoms with van der Waals surface area (Å²) in [6.07, 6.45) is -4.70. The summed E-state index contributed by atoms with van der Waals surface area (Å²) in [5, 5.41) is 36.2. The Balaban J connectivity index is 2.63. The first-order valence-electron chi connectivity index (χ1n) is 3.56. The summed E-state index contributed by atoms with van der Waals surface area (Å²) in [6.45, 7) is -0.415. The van der Waals surface area contributed by atoms with Gasteiger partial charge in [0.15, 0.2) is 0 Å². The highest BCUT2D eigenvalue weighted by molar-refractivity contribution is 7.80. The van der Waals surface area contributed by atoms with E-state index in [4.69, 9.17) is 14.9 Å². The quantitative estimate of drug-likeness (QED) is 0.305. The van der Waals surface area contributed by atoms with Crippen molar-refractivity contribution in [3.05, 3.63) is 0 Å². The molecule has 0 aromatic carbocycles. The van der Waals surface area contributed by atoms with Gasteiger partial charge in [-0.1, -0.05) is 0 Å². The number of aliphatic hydroxyl groups is 4. The average molecular weight is 196 g/mol. The molecule has 1 aliphatic rings. The van der Waals surface area contributed by atoms with Gasteiger partial charge in [0.25, 0.3) is 0 Å². The van der Waals surface area contributed by atoms with Crippen molar-refractivity contribution in [3.63, 3.8) is 0 Å². The van der Waals surface area contributed by atoms with Gasteiger partial charge in [0, 0.05) is 0 Å². The van der Waals surface area contributed by atoms with Crippen LogP contribution in [0.4, 0.5) is 0 Å². The number of hydrogen-bond donors (Lipinski definition) is 5. The van der Waals surface area contributed by atoms with Crippen molar-refractivity contribution in [2.24, 2.45) is 0 Å². The maximum absolute atomic E-state index is 9.20. The van der Waals surface area contributed by atoms with Gasteiger partial charge in [0.2, 0.25) is 0 Å². The zero-order valence-corrected chi connectivity index (χ0v) is 7.13. The first kappa shape index (κ1) is 10.2. The molecule has 1 fully saturated rings. The van der Waals surface area contributed by atoms with Gasteiger partial charge in [0.05, 0.1) is 6.61 Å². The van der Waals surface area contributed by atoms with Crippen molar-refractivity contribution in [1.29, 1.82) is 0 Å². The van der Waals surface area contributed by atoms with Crippen molar-refractivity contribution < 1.29 is 25.2 Å². The molecule has 0 aromatic rings. The Morgan fingerprint density at radius 1 is 1.08 bits per heavy atom. The van der Waals surface area contributed by atoms with Crippen LogP contribution in [-0.4, -0.2) is 56.9 Å². The van der Waals surface area contributed by atoms with Gasteiger partial charge in [-0.05, 0) is 0 Å². The predicted octanol–water partition coefficient (Wildman–Crippen LogP) is -2.28. The fraction of sp³-hybridized carbons (Fsp3) is 1.00. The summed E-state index contributed by atoms with van der Waals surface area (Å²) in [5.41, 5.74) is -0.874. The molecule has 0 unspecified atom stereocenters. The molecule has 1 saturated heterocycles. The maximum Gasteiger partial charge on any atom is 0.129 e. The van der Waals surface area contributed by atoms with Crippen LogP contribution in [0.2, 0.25) is 0 Å². The molecule has 1 heterocycles. The Morgan fingerprint density at radius 3 is 2.17 bits per heavy atom. The van der Waals surface area contributed by atoms with Crippen molar-refractivity contribution >= 4 is 12.6 Å². The molecule has 0 bridgehead atoms. The summed E-state index contributed by atoms with van der Waals surface area (Å²) < 4.78 is 4.88. The van der Waals surface area contributed by atoms with E-state index < -0.39 is 36.5 Å². The Kier molecular flexibility index (Phi) is 3.33. The summed E-state index contributed by atoms with van der Waals surface area (Å²) in [6, 6.07) is 0. The third-order valence-electron chi connectivity index (χ3n) is 1.87. The number of hydrogen-bond acceptors (Lipinski definition) is 6. The molecule has 5 nitrogen and oxygen atoms in total. The second-order valence-electron chi connectivity index (χ2n) is 2.72. The first-order chi connectivity index (χ1) is 5.57. The zero-order valence-electron chi connectivity index (χ0n) is 6.24. The fourth-order valence-corrected chi connectivity index (χ4v) is 1.41. The molecule has 6 heteroatoms. The highest BCUT2D eigenvalue weighted by Gasteiger charge is 2.41. The minimum atomic E-state index is -1.32. The standard InChI is InChI=1S/C6H12O5S/c7-1-2-3(8)4(9)5(10)6(12)11-2/h2-10,12H,1H2/t2-,3-,4+,5+,6+/m1/s1. The lowest BCUT2D eigenvalue weighted by Gasteiger charge is -2.37. The molecule has 1 aliphatic heterocycles. The Morgan fingerprint density at radius 2 is 1.67 bits per heavy atom. The van der Waals surface area contributed by atoms with E-state index in [0.29, 0.717) is 0 Å². The average Bonchev–Trinajstić information content (AvgIpc) is 2.08. The van der Waals surface area contributed by atoms with E-state index in [0.717, 1.165) is 0 Å². The highest BCUT2D eigenvalue weighted by Crippen LogP contribution is 2.22. The lowest BCUT2D eigenvalue weighted by Crippen LogP contribution is -2.56. The van der Waals surface area contributed by atoms with E-state index in [1.165, 1.54) is 0 Å². The van der Waals surface area contributed by atoms with Gasteiger partial charge in [-0.25, -0.2) is 0 Å². The minimum absolute atomic E-state index is 0.415. The van der Waals surface area contributed by atoms with Crippen LogP contribution in [0, 0.1) is 0 Å². The maximum atomic E-state index is 9.20. The van der Waals surface area contributed by atoms with Crippen LogP contribution in [0.15, 0.2) is 0 Å². The van der Waals surface area contributed by atoms with Crippen LogP contribution in [0.1, 0.15) is 0 Å². The third-order valence-corrected chi connectivity index (χ3v) is 2.29. The molecule has 12 heavy (non-hydrogen) atoms. The topological polar surface area (TPSA) is 90.2 Å². The van der Waals surface area contributed by atoms with Gasteiger partial charge < -0.3 is 25.2 Å². The van der Waals surface area contributed by atoms with E-state index >= 15 is 0 Å². The SMILES string of the molecule is OC[C@H]1O[C@@H](S)[C@@H](O)[C@@H](O)[C@@H]1O. The number of ether oxygens (including phenoxy) is 1. The van der Waals surface area contributed by atoms with Gasteiger partial charge in [-0.15, -0.1) is 12.6 Å². The number of thiol groups is 1. The van der Waals surface area contributed by atoms with E-state index in [9.17, 15) is 10.2 Å². The Labute approximate surface area is 75.0 Å². The highest BCUT2D eigenvalue weighted by atomic mass is 32.1. The lowest BCUT2D eigenvalue weighted by atomic mass is 10.0. The van der Waals surface area contributed by atoms with Crippen molar-refractivity contribution in [2.75, 3.05) is 6.61 Å². The van der Waals surface area contributed by atoms with E-state index in [2.05, 4.69) is 12.6 Å². The van der Waals surface area contributed by atoms with Crippen LogP contribution >= 0.6 is 12.6 Å². The van der Waals surface area contributed by atoms with Gasteiger partial charge in [0.1, 0.15) is 29.9 Å². The Hall–Kier alpha value is 0.150. The second kappa shape index (κ2) is 3.91. The molecular formula is C6H12O5S. The molecule has 0 radical (unpaired) electrons. The van der Waals surface area contributed by atoms with Crippen molar-refractivity contribution in [2.45, 2.75) is 29.9 Å². The van der Waals surface area contributed by atoms with E-state index in [1.54, 1.807) is 0 Å². The predicted molar refractivity (Wildman–Crippen MR) is 42.8 cm³/mol. The largest absolute Gasteiger partial charge is 0.394 e. The molecule has 0 spiro atoms. The van der Waals surface area contributed by atoms with Crippen LogP contribution in [0.25, 0.3) is 0 Å². The monoisotopic (exact) mass is 196 g/mol. The number of rotatable bonds is 1. The lowest BCUT2D eigenvalue weighted by molar-refractivity contribution is -0.205. The summed E-state index contributed by atoms with van der Waals surface area (Å²) in [4.78, 5) is 0. The fourth-order valence-electron chi connectivity index (χ4n) is 1.08. The first-order valence-corrected chi connectivity index (χ1v) is 4.08. The van der Waals surface area contributed by atoms with Gasteiger partial charge >= 0.3 is 0 Å². The summed E-state index contributed by atoms with van der Waals surface area (Å²) in [7, 11) is 0. The molecule has 0 aliphatic carbocycles. The number of aliphatic hydroxyl groups excluding tert-OH is 4. The zero-order chi connectivity index (χ0) is 9.30. The minimum Gasteiger partial charge on any atom is -0.394 e. The van der Waals surface area contributed by atoms with Crippen LogP contribution < -0.4 is 0 Å². The van der Waals surface area contributed by atoms with Gasteiger partial charge in [-0.2, -0.15) is 0 Å². The van der Waals surface area contributed by atoms with Crippen LogP contribution in [-0.2, 0) is 4.74 Å². The molecule has 1 rings (SSSR count). The second-order valence-corrected chi connectivity index (χ2v) is 3.23. The van der Waals surface area contributed by atoms with Gasteiger partial charge in [-0.3, -0.25) is 0 Å². The summed E-state index contributed by atoms with van der Waals surface area (Å²) in [5.74, 6) is 0. The third kappa shape index (κ3) is 1.73. The summed E-state index contributed by atoms with van der Waals surface area (Å²) >= 11 is 3.81. The molecule has 0 saturated carbocycles. The normalized spacial score (nSPS) is 49.2. The molecule has 4 N–H and O–H groups in total. The molecule has 0 amide bonds. The molecule has 5 atom stereocenters. The van der Waals surface area contributed by atoms with Crippen molar-refractivity contribution in [3.8, 4) is 0 Å². The van der Waals surface area contributed by atoms with Crippen LogP contribution in [0.5, 0.6) is 0 Å². The Bertz CT molecular complexity index is 150. The molecular weight excluding hydrogens is 184 g/mol.